The van der Waals surface area contributed by atoms with E-state index in [0.29, 0.717) is 283 Å². The minimum Gasteiger partial charge on any atom is -0.379 e. The van der Waals surface area contributed by atoms with Crippen LogP contribution in [-0.4, -0.2) is 371 Å². The first-order valence-corrected chi connectivity index (χ1v) is 34.4. The van der Waals surface area contributed by atoms with Crippen LogP contribution in [0.2, 0.25) is 0 Å². The van der Waals surface area contributed by atoms with Crippen molar-refractivity contribution < 1.29 is 94.9 Å². The molecule has 0 aliphatic rings. The maximum Gasteiger partial charge on any atom is 0.222 e. The van der Waals surface area contributed by atoms with Crippen LogP contribution in [0.4, 0.5) is 0 Å². The van der Waals surface area contributed by atoms with E-state index in [0.717, 1.165) is 56.4 Å². The Morgan fingerprint density at radius 3 is 0.870 bits per heavy atom. The highest BCUT2D eigenvalue weighted by atomic mass is 16.6. The van der Waals surface area contributed by atoms with Gasteiger partial charge in [-0.2, -0.15) is 0 Å². The summed E-state index contributed by atoms with van der Waals surface area (Å²) < 4.78 is 106. The SMILES string of the molecule is CN.CNC(=O)CCOCCOCCOCCN(CCOCCOCCOCCN=[N+]=[N-])CCOCCOCCOCCn1cc(C)nn1.CNC(=O)CCOCCOCCOCCN(CCOCCOCCOCCn1cc(C)nn1)CCOCCOCCOCCn1cc(CN)nn1. The molecule has 0 radical (unpaired) electrons. The molecule has 3 aromatic heterocycles. The van der Waals surface area contributed by atoms with Crippen molar-refractivity contribution in [1.82, 2.24) is 65.4 Å². The van der Waals surface area contributed by atoms with Crippen LogP contribution in [0.1, 0.15) is 29.9 Å². The first-order chi connectivity index (χ1) is 49.3. The van der Waals surface area contributed by atoms with Gasteiger partial charge in [-0.25, -0.2) is 14.0 Å². The van der Waals surface area contributed by atoms with Crippen LogP contribution in [0.3, 0.4) is 0 Å². The average molecular weight is 1440 g/mol. The molecule has 3 rings (SSSR count). The van der Waals surface area contributed by atoms with E-state index in [2.05, 4.69) is 67.1 Å². The number of carbonyl (C=O) groups is 2. The molecule has 0 bridgehead atoms. The van der Waals surface area contributed by atoms with Gasteiger partial charge in [0, 0.05) is 103 Å². The molecule has 0 saturated carbocycles. The monoisotopic (exact) mass is 1440 g/mol. The van der Waals surface area contributed by atoms with Crippen LogP contribution in [-0.2, 0) is 121 Å². The van der Waals surface area contributed by atoms with E-state index in [-0.39, 0.29) is 11.8 Å². The maximum atomic E-state index is 11.2. The van der Waals surface area contributed by atoms with Crippen LogP contribution in [0.25, 0.3) is 10.4 Å². The first kappa shape index (κ1) is 92.8. The Hall–Kier alpha value is -5.21. The number of rotatable bonds is 73. The number of amides is 2. The van der Waals surface area contributed by atoms with Crippen molar-refractivity contribution in [2.75, 3.05) is 305 Å². The summed E-state index contributed by atoms with van der Waals surface area (Å²) in [5.74, 6) is -0.0871. The van der Waals surface area contributed by atoms with Crippen LogP contribution >= 0.6 is 0 Å². The zero-order valence-electron chi connectivity index (χ0n) is 60.5. The molecule has 0 spiro atoms. The predicted molar refractivity (Wildman–Crippen MR) is 367 cm³/mol. The topological polar surface area (TPSA) is 424 Å². The standard InChI is InChI=1S/C32H61N9O10.C29H56N8O10.CH5N/c1-30-28-40(37-35-30)7-13-47-19-25-50-23-17-45-11-5-39(4-10-44-16-22-49-21-15-43-9-3-32(42)34-2)6-12-46-18-24-51-26-20-48-14-8-41-29-31(27-33)36-38-41;1-28-27-37(35-33-28)8-14-44-20-26-47-25-19-43-13-7-36(6-12-42-18-24-46-22-16-40-10-4-32-34-30)5-11-41-17-23-45-21-15-39-9-3-29(38)31-2;1-2/h28-29H,3-27,33H2,1-2H3,(H,34,42);27H,3-26H2,1-2H3,(H,31,38);2H2,1H3. The molecule has 0 saturated heterocycles. The summed E-state index contributed by atoms with van der Waals surface area (Å²) in [5.41, 5.74) is 20.8. The summed E-state index contributed by atoms with van der Waals surface area (Å²) in [7, 11) is 4.71. The van der Waals surface area contributed by atoms with Crippen molar-refractivity contribution >= 4 is 11.8 Å². The van der Waals surface area contributed by atoms with Crippen molar-refractivity contribution in [2.45, 2.75) is 52.9 Å². The molecule has 0 unspecified atom stereocenters. The number of aromatic nitrogens is 9. The fraction of sp³-hybridized carbons (Fsp3) is 0.871. The molecule has 6 N–H and O–H groups in total. The summed E-state index contributed by atoms with van der Waals surface area (Å²) in [5, 5.41) is 32.3. The molecule has 0 aliphatic carbocycles. The van der Waals surface area contributed by atoms with Crippen molar-refractivity contribution in [3.8, 4) is 0 Å². The van der Waals surface area contributed by atoms with Gasteiger partial charge in [0.1, 0.15) is 0 Å². The Balaban J connectivity index is 0.000000979. The second kappa shape index (κ2) is 73.5. The number of azide groups is 1. The third-order valence-corrected chi connectivity index (χ3v) is 13.2. The molecule has 100 heavy (non-hydrogen) atoms. The summed E-state index contributed by atoms with van der Waals surface area (Å²) in [6.07, 6.45) is 6.26. The number of hydrogen-bond acceptors (Lipinski definition) is 31. The van der Waals surface area contributed by atoms with Gasteiger partial charge in [-0.05, 0) is 26.4 Å². The summed E-state index contributed by atoms with van der Waals surface area (Å²) in [4.78, 5) is 29.5. The van der Waals surface area contributed by atoms with Crippen LogP contribution in [0.5, 0.6) is 0 Å². The van der Waals surface area contributed by atoms with E-state index in [1.54, 1.807) is 28.1 Å². The van der Waals surface area contributed by atoms with Gasteiger partial charge in [0.2, 0.25) is 11.8 Å². The zero-order valence-corrected chi connectivity index (χ0v) is 60.5. The number of carbonyl (C=O) groups excluding carboxylic acids is 2. The quantitative estimate of drug-likeness (QED) is 0.0227. The lowest BCUT2D eigenvalue weighted by atomic mass is 10.4. The van der Waals surface area contributed by atoms with Crippen LogP contribution < -0.4 is 22.1 Å². The summed E-state index contributed by atoms with van der Waals surface area (Å²) in [6, 6.07) is 0. The number of ether oxygens (including phenoxy) is 18. The summed E-state index contributed by atoms with van der Waals surface area (Å²) >= 11 is 0. The van der Waals surface area contributed by atoms with Crippen molar-refractivity contribution in [2.24, 2.45) is 16.6 Å². The second-order valence-electron chi connectivity index (χ2n) is 20.9. The second-order valence-corrected chi connectivity index (χ2v) is 20.9. The molecule has 38 nitrogen and oxygen atoms in total. The van der Waals surface area contributed by atoms with Gasteiger partial charge in [-0.15, -0.1) is 15.3 Å². The lowest BCUT2D eigenvalue weighted by Gasteiger charge is -2.22. The minimum atomic E-state index is -0.0449. The van der Waals surface area contributed by atoms with Crippen molar-refractivity contribution in [3.63, 3.8) is 0 Å². The van der Waals surface area contributed by atoms with E-state index in [9.17, 15) is 9.59 Å². The van der Waals surface area contributed by atoms with Gasteiger partial charge in [0.25, 0.3) is 0 Å². The van der Waals surface area contributed by atoms with Crippen LogP contribution in [0, 0.1) is 13.8 Å². The molecule has 0 aromatic carbocycles. The lowest BCUT2D eigenvalue weighted by molar-refractivity contribution is -0.122. The van der Waals surface area contributed by atoms with Crippen molar-refractivity contribution in [1.29, 1.82) is 0 Å². The Morgan fingerprint density at radius 1 is 0.390 bits per heavy atom. The van der Waals surface area contributed by atoms with E-state index < -0.39 is 0 Å². The highest BCUT2D eigenvalue weighted by molar-refractivity contribution is 5.75. The maximum absolute atomic E-state index is 11.2. The molecular weight excluding hydrogens is 1320 g/mol. The number of aryl methyl sites for hydroxylation is 2. The van der Waals surface area contributed by atoms with Gasteiger partial charge in [0.15, 0.2) is 0 Å². The normalized spacial score (nSPS) is 11.3. The Morgan fingerprint density at radius 2 is 0.630 bits per heavy atom. The van der Waals surface area contributed by atoms with Gasteiger partial charge in [-0.1, -0.05) is 20.8 Å². The number of nitrogens with two attached hydrogens (primary N) is 2. The molecule has 580 valence electrons. The van der Waals surface area contributed by atoms with Gasteiger partial charge >= 0.3 is 0 Å². The van der Waals surface area contributed by atoms with E-state index in [4.69, 9.17) is 96.5 Å². The highest BCUT2D eigenvalue weighted by Crippen LogP contribution is 1.98. The molecule has 3 aromatic rings. The molecule has 3 heterocycles. The summed E-state index contributed by atoms with van der Waals surface area (Å²) in [6.45, 7) is 28.4. The third-order valence-electron chi connectivity index (χ3n) is 13.2. The molecule has 38 heteroatoms. The average Bonchev–Trinajstić information content (AvgIpc) is 2.11. The predicted octanol–water partition coefficient (Wildman–Crippen LogP) is -1.02. The smallest absolute Gasteiger partial charge is 0.222 e. The van der Waals surface area contributed by atoms with E-state index in [1.807, 2.05) is 32.4 Å². The molecule has 0 aliphatic heterocycles. The fourth-order valence-corrected chi connectivity index (χ4v) is 7.84. The van der Waals surface area contributed by atoms with E-state index >= 15 is 0 Å². The zero-order chi connectivity index (χ0) is 72.3. The minimum absolute atomic E-state index is 0.0422. The Labute approximate surface area is 590 Å². The number of nitrogens with zero attached hydrogens (tertiary/aromatic N) is 14. The number of nitrogens with one attached hydrogen (secondary N) is 2. The van der Waals surface area contributed by atoms with E-state index in [1.165, 1.54) is 7.05 Å². The molecular formula is C62H122N18O20. The largest absolute Gasteiger partial charge is 0.379 e. The highest BCUT2D eigenvalue weighted by Gasteiger charge is 2.09. The van der Waals surface area contributed by atoms with Gasteiger partial charge in [-0.3, -0.25) is 19.4 Å². The lowest BCUT2D eigenvalue weighted by Crippen LogP contribution is -2.34. The Kier molecular flexibility index (Phi) is 68.2. The molecule has 0 fully saturated rings. The fourth-order valence-electron chi connectivity index (χ4n) is 7.84. The number of hydrogen-bond donors (Lipinski definition) is 4. The molecule has 0 atom stereocenters. The van der Waals surface area contributed by atoms with Gasteiger partial charge < -0.3 is 107 Å². The third kappa shape index (κ3) is 62.6. The Bertz CT molecular complexity index is 2280. The van der Waals surface area contributed by atoms with Gasteiger partial charge in [0.05, 0.1) is 275 Å². The molecule has 2 amide bonds. The van der Waals surface area contributed by atoms with Crippen LogP contribution in [0.15, 0.2) is 23.7 Å². The first-order valence-electron chi connectivity index (χ1n) is 34.4. The van der Waals surface area contributed by atoms with Crippen molar-refractivity contribution in [3.05, 3.63) is 46.1 Å².